The van der Waals surface area contributed by atoms with Crippen molar-refractivity contribution in [3.05, 3.63) is 54.3 Å². The Morgan fingerprint density at radius 1 is 1.19 bits per heavy atom. The Kier molecular flexibility index (Phi) is 9.34. The van der Waals surface area contributed by atoms with E-state index >= 15 is 0 Å². The number of hydrogen-bond acceptors (Lipinski definition) is 6. The number of carboxylic acids is 1. The van der Waals surface area contributed by atoms with Crippen molar-refractivity contribution in [2.75, 3.05) is 13.7 Å². The molecule has 170 valence electrons. The molecule has 0 aliphatic heterocycles. The predicted molar refractivity (Wildman–Crippen MR) is 116 cm³/mol. The fraction of sp³-hybridized carbons (Fsp3) is 0.500. The zero-order chi connectivity index (χ0) is 22.9. The van der Waals surface area contributed by atoms with Crippen LogP contribution in [0.25, 0.3) is 0 Å². The molecule has 1 aliphatic rings. The molecule has 0 aromatic heterocycles. The van der Waals surface area contributed by atoms with Gasteiger partial charge in [-0.25, -0.2) is 0 Å². The van der Waals surface area contributed by atoms with Gasteiger partial charge in [-0.15, -0.1) is 5.73 Å². The van der Waals surface area contributed by atoms with Crippen LogP contribution in [0.5, 0.6) is 11.5 Å². The zero-order valence-electron chi connectivity index (χ0n) is 18.0. The highest BCUT2D eigenvalue weighted by molar-refractivity contribution is 5.66. The third-order valence-electron chi connectivity index (χ3n) is 5.31. The van der Waals surface area contributed by atoms with Gasteiger partial charge in [-0.05, 0) is 62.1 Å². The highest BCUT2D eigenvalue weighted by Gasteiger charge is 2.39. The van der Waals surface area contributed by atoms with Crippen LogP contribution in [0, 0.1) is 11.8 Å². The van der Waals surface area contributed by atoms with Crippen molar-refractivity contribution in [3.63, 3.8) is 0 Å². The summed E-state index contributed by atoms with van der Waals surface area (Å²) in [6, 6.07) is 7.04. The molecule has 1 fully saturated rings. The lowest BCUT2D eigenvalue weighted by atomic mass is 9.89. The fourth-order valence-corrected chi connectivity index (χ4v) is 3.54. The number of hydrogen-bond donors (Lipinski definition) is 4. The van der Waals surface area contributed by atoms with Crippen LogP contribution in [0.3, 0.4) is 0 Å². The first kappa shape index (κ1) is 24.7. The molecule has 1 aromatic rings. The number of benzene rings is 1. The SMILES string of the molecule is COc1ccc(OCC(C)(O)C=C[C@@H]2[C@@H](CC=C=CCCC(=O)O)[C@@H](O)C[C@H]2O)cc1. The number of aliphatic hydroxyl groups is 3. The topological polar surface area (TPSA) is 116 Å². The summed E-state index contributed by atoms with van der Waals surface area (Å²) in [5, 5.41) is 39.9. The van der Waals surface area contributed by atoms with Crippen molar-refractivity contribution in [2.45, 2.75) is 50.4 Å². The van der Waals surface area contributed by atoms with Crippen molar-refractivity contribution in [2.24, 2.45) is 11.8 Å². The standard InChI is InChI=1S/C24H32O7/c1-24(29,16-31-18-11-9-17(30-2)10-12-18)14-13-20-19(21(25)15-22(20)26)7-5-3-4-6-8-23(27)28/h4-5,9-14,19-22,25-26,29H,6-8,15-16H2,1-2H3,(H,27,28)/t3?,19-,20-,21+,22-,24?/m1/s1. The first-order valence-electron chi connectivity index (χ1n) is 10.4. The number of carboxylic acid groups (broad SMARTS) is 1. The van der Waals surface area contributed by atoms with Crippen LogP contribution in [0.2, 0.25) is 0 Å². The van der Waals surface area contributed by atoms with Crippen LogP contribution in [0.4, 0.5) is 0 Å². The van der Waals surface area contributed by atoms with E-state index in [1.54, 1.807) is 62.6 Å². The summed E-state index contributed by atoms with van der Waals surface area (Å²) in [4.78, 5) is 10.5. The molecule has 2 rings (SSSR count). The van der Waals surface area contributed by atoms with Crippen LogP contribution in [-0.2, 0) is 4.79 Å². The summed E-state index contributed by atoms with van der Waals surface area (Å²) in [7, 11) is 1.58. The molecule has 1 unspecified atom stereocenters. The van der Waals surface area contributed by atoms with Crippen LogP contribution in [0.15, 0.2) is 54.3 Å². The van der Waals surface area contributed by atoms with E-state index in [9.17, 15) is 20.1 Å². The van der Waals surface area contributed by atoms with Gasteiger partial charge >= 0.3 is 5.97 Å². The molecular formula is C24H32O7. The summed E-state index contributed by atoms with van der Waals surface area (Å²) in [6.07, 6.45) is 6.56. The second-order valence-corrected chi connectivity index (χ2v) is 8.04. The third-order valence-corrected chi connectivity index (χ3v) is 5.31. The molecule has 0 spiro atoms. The summed E-state index contributed by atoms with van der Waals surface area (Å²) in [5.74, 6) is -0.0850. The molecule has 1 aliphatic carbocycles. The van der Waals surface area contributed by atoms with E-state index in [1.807, 2.05) is 0 Å². The molecule has 1 saturated carbocycles. The van der Waals surface area contributed by atoms with Gasteiger partial charge in [0.15, 0.2) is 0 Å². The maximum Gasteiger partial charge on any atom is 0.303 e. The van der Waals surface area contributed by atoms with Crippen LogP contribution < -0.4 is 9.47 Å². The lowest BCUT2D eigenvalue weighted by molar-refractivity contribution is -0.136. The number of aliphatic hydroxyl groups excluding tert-OH is 2. The molecule has 4 N–H and O–H groups in total. The smallest absolute Gasteiger partial charge is 0.303 e. The number of rotatable bonds is 11. The Bertz CT molecular complexity index is 791. The molecule has 31 heavy (non-hydrogen) atoms. The van der Waals surface area contributed by atoms with Gasteiger partial charge in [-0.1, -0.05) is 12.2 Å². The minimum Gasteiger partial charge on any atom is -0.497 e. The van der Waals surface area contributed by atoms with Gasteiger partial charge in [0.2, 0.25) is 0 Å². The first-order valence-corrected chi connectivity index (χ1v) is 10.4. The highest BCUT2D eigenvalue weighted by Crippen LogP contribution is 2.36. The van der Waals surface area contributed by atoms with Crippen molar-refractivity contribution in [1.82, 2.24) is 0 Å². The number of methoxy groups -OCH3 is 1. The largest absolute Gasteiger partial charge is 0.497 e. The van der Waals surface area contributed by atoms with Gasteiger partial charge in [0.1, 0.15) is 23.7 Å². The molecule has 7 nitrogen and oxygen atoms in total. The van der Waals surface area contributed by atoms with Gasteiger partial charge in [-0.3, -0.25) is 4.79 Å². The van der Waals surface area contributed by atoms with Crippen molar-refractivity contribution >= 4 is 5.97 Å². The second-order valence-electron chi connectivity index (χ2n) is 8.04. The number of aliphatic carboxylic acids is 1. The highest BCUT2D eigenvalue weighted by atomic mass is 16.5. The minimum atomic E-state index is -1.26. The molecule has 0 bridgehead atoms. The maximum atomic E-state index is 10.6. The zero-order valence-corrected chi connectivity index (χ0v) is 18.0. The predicted octanol–water partition coefficient (Wildman–Crippen LogP) is 2.71. The van der Waals surface area contributed by atoms with Gasteiger partial charge in [0.25, 0.3) is 0 Å². The Morgan fingerprint density at radius 2 is 1.87 bits per heavy atom. The summed E-state index contributed by atoms with van der Waals surface area (Å²) in [6.45, 7) is 1.64. The molecule has 0 heterocycles. The fourth-order valence-electron chi connectivity index (χ4n) is 3.54. The lowest BCUT2D eigenvalue weighted by Crippen LogP contribution is -2.30. The van der Waals surface area contributed by atoms with Gasteiger partial charge < -0.3 is 29.9 Å². The summed E-state index contributed by atoms with van der Waals surface area (Å²) >= 11 is 0. The molecular weight excluding hydrogens is 400 g/mol. The molecule has 1 aromatic carbocycles. The normalized spacial score (nSPS) is 24.9. The van der Waals surface area contributed by atoms with E-state index in [0.717, 1.165) is 0 Å². The average Bonchev–Trinajstić information content (AvgIpc) is 3.00. The van der Waals surface area contributed by atoms with Crippen molar-refractivity contribution in [3.8, 4) is 11.5 Å². The Labute approximate surface area is 182 Å². The average molecular weight is 433 g/mol. The van der Waals surface area contributed by atoms with Crippen LogP contribution in [-0.4, -0.2) is 57.9 Å². The lowest BCUT2D eigenvalue weighted by Gasteiger charge is -2.23. The Hall–Kier alpha value is -2.57. The first-order chi connectivity index (χ1) is 14.7. The molecule has 7 heteroatoms. The van der Waals surface area contributed by atoms with E-state index in [1.165, 1.54) is 0 Å². The van der Waals surface area contributed by atoms with E-state index in [2.05, 4.69) is 5.73 Å². The minimum absolute atomic E-state index is 0.0259. The van der Waals surface area contributed by atoms with Crippen LogP contribution >= 0.6 is 0 Å². The van der Waals surface area contributed by atoms with E-state index in [0.29, 0.717) is 24.3 Å². The van der Waals surface area contributed by atoms with E-state index in [4.69, 9.17) is 14.6 Å². The van der Waals surface area contributed by atoms with Gasteiger partial charge in [-0.2, -0.15) is 0 Å². The summed E-state index contributed by atoms with van der Waals surface area (Å²) in [5.41, 5.74) is 1.67. The second kappa shape index (κ2) is 11.7. The molecule has 0 radical (unpaired) electrons. The maximum absolute atomic E-state index is 10.6. The Morgan fingerprint density at radius 3 is 2.52 bits per heavy atom. The Balaban J connectivity index is 1.94. The quantitative estimate of drug-likeness (QED) is 0.314. The van der Waals surface area contributed by atoms with Gasteiger partial charge in [0.05, 0.1) is 19.3 Å². The summed E-state index contributed by atoms with van der Waals surface area (Å²) < 4.78 is 10.8. The van der Waals surface area contributed by atoms with E-state index in [-0.39, 0.29) is 31.3 Å². The van der Waals surface area contributed by atoms with E-state index < -0.39 is 23.8 Å². The molecule has 5 atom stereocenters. The van der Waals surface area contributed by atoms with Crippen molar-refractivity contribution < 1.29 is 34.7 Å². The van der Waals surface area contributed by atoms with Crippen LogP contribution in [0.1, 0.15) is 32.6 Å². The number of carbonyl (C=O) groups is 1. The number of allylic oxidation sites excluding steroid dienone is 1. The molecule has 0 saturated heterocycles. The van der Waals surface area contributed by atoms with Crippen molar-refractivity contribution in [1.29, 1.82) is 0 Å². The van der Waals surface area contributed by atoms with Gasteiger partial charge in [0, 0.05) is 18.8 Å². The number of ether oxygens (including phenoxy) is 2. The third kappa shape index (κ3) is 8.23. The monoisotopic (exact) mass is 432 g/mol. The molecule has 0 amide bonds.